The zero-order valence-electron chi connectivity index (χ0n) is 20.9. The van der Waals surface area contributed by atoms with E-state index < -0.39 is 0 Å². The van der Waals surface area contributed by atoms with E-state index in [2.05, 4.69) is 90.1 Å². The third-order valence-corrected chi connectivity index (χ3v) is 6.73. The largest absolute Gasteiger partial charge is 0.301 e. The molecule has 2 amide bonds. The minimum Gasteiger partial charge on any atom is -0.301 e. The van der Waals surface area contributed by atoms with E-state index >= 15 is 0 Å². The van der Waals surface area contributed by atoms with Crippen LogP contribution in [0.4, 0.5) is 11.4 Å². The SMILES string of the molecule is CC(C)(C)c1ccccc1-c1cc(N2CC2=O)c(-c2ccccc2C(C)(C)C)cc1N1CC1=O. The smallest absolute Gasteiger partial charge is 0.247 e. The summed E-state index contributed by atoms with van der Waals surface area (Å²) in [4.78, 5) is 28.4. The lowest BCUT2D eigenvalue weighted by Crippen LogP contribution is -2.14. The van der Waals surface area contributed by atoms with E-state index in [1.807, 2.05) is 21.9 Å². The lowest BCUT2D eigenvalue weighted by molar-refractivity contribution is -0.110. The van der Waals surface area contributed by atoms with Gasteiger partial charge in [-0.05, 0) is 45.2 Å². The van der Waals surface area contributed by atoms with Crippen molar-refractivity contribution in [2.75, 3.05) is 22.9 Å². The Labute approximate surface area is 202 Å². The van der Waals surface area contributed by atoms with Crippen molar-refractivity contribution in [2.24, 2.45) is 0 Å². The molecule has 2 fully saturated rings. The van der Waals surface area contributed by atoms with Gasteiger partial charge in [0.15, 0.2) is 0 Å². The molecule has 4 nitrogen and oxygen atoms in total. The highest BCUT2D eigenvalue weighted by Gasteiger charge is 2.39. The maximum absolute atomic E-state index is 12.4. The first-order chi connectivity index (χ1) is 16.0. The number of hydrogen-bond acceptors (Lipinski definition) is 2. The molecule has 3 aromatic carbocycles. The molecule has 2 saturated heterocycles. The van der Waals surface area contributed by atoms with Crippen LogP contribution in [0, 0.1) is 0 Å². The first-order valence-electron chi connectivity index (χ1n) is 12.0. The number of hydrogen-bond donors (Lipinski definition) is 0. The van der Waals surface area contributed by atoms with Gasteiger partial charge in [0, 0.05) is 11.1 Å². The molecule has 0 aromatic heterocycles. The molecule has 0 N–H and O–H groups in total. The summed E-state index contributed by atoms with van der Waals surface area (Å²) in [6.45, 7) is 14.1. The number of nitrogens with zero attached hydrogens (tertiary/aromatic N) is 2. The molecular weight excluding hydrogens is 420 g/mol. The summed E-state index contributed by atoms with van der Waals surface area (Å²) in [5.41, 5.74) is 8.36. The molecule has 5 rings (SSSR count). The number of benzene rings is 3. The summed E-state index contributed by atoms with van der Waals surface area (Å²) < 4.78 is 0. The van der Waals surface area contributed by atoms with Crippen LogP contribution in [0.5, 0.6) is 0 Å². The molecule has 2 aliphatic rings. The van der Waals surface area contributed by atoms with E-state index in [4.69, 9.17) is 0 Å². The Morgan fingerprint density at radius 3 is 1.18 bits per heavy atom. The highest BCUT2D eigenvalue weighted by Crippen LogP contribution is 2.48. The average molecular weight is 453 g/mol. The minimum atomic E-state index is -0.0654. The van der Waals surface area contributed by atoms with Gasteiger partial charge in [0.1, 0.15) is 13.1 Å². The average Bonchev–Trinajstić information content (AvgIpc) is 3.69. The van der Waals surface area contributed by atoms with Crippen molar-refractivity contribution in [3.05, 3.63) is 71.8 Å². The zero-order valence-corrected chi connectivity index (χ0v) is 20.9. The van der Waals surface area contributed by atoms with Crippen LogP contribution in [0.3, 0.4) is 0 Å². The molecule has 174 valence electrons. The van der Waals surface area contributed by atoms with E-state index in [0.29, 0.717) is 13.1 Å². The normalized spacial score (nSPS) is 15.7. The van der Waals surface area contributed by atoms with Gasteiger partial charge in [0.25, 0.3) is 0 Å². The fourth-order valence-electron chi connectivity index (χ4n) is 4.84. The summed E-state index contributed by atoms with van der Waals surface area (Å²) >= 11 is 0. The molecule has 2 aliphatic heterocycles. The molecule has 0 spiro atoms. The van der Waals surface area contributed by atoms with Gasteiger partial charge in [-0.25, -0.2) is 0 Å². The Hall–Kier alpha value is -3.40. The molecule has 0 radical (unpaired) electrons. The topological polar surface area (TPSA) is 40.2 Å². The Bertz CT molecular complexity index is 1220. The lowest BCUT2D eigenvalue weighted by atomic mass is 9.79. The van der Waals surface area contributed by atoms with Gasteiger partial charge in [-0.2, -0.15) is 0 Å². The third-order valence-electron chi connectivity index (χ3n) is 6.73. The van der Waals surface area contributed by atoms with Crippen LogP contribution >= 0.6 is 0 Å². The van der Waals surface area contributed by atoms with Crippen LogP contribution in [-0.4, -0.2) is 24.9 Å². The molecule has 0 saturated carbocycles. The molecule has 4 heteroatoms. The maximum Gasteiger partial charge on any atom is 0.247 e. The molecule has 2 heterocycles. The van der Waals surface area contributed by atoms with E-state index in [1.165, 1.54) is 11.1 Å². The lowest BCUT2D eigenvalue weighted by Gasteiger charge is -2.27. The van der Waals surface area contributed by atoms with Crippen LogP contribution in [0.15, 0.2) is 60.7 Å². The third kappa shape index (κ3) is 3.91. The number of carbonyl (C=O) groups excluding carboxylic acids is 2. The van der Waals surface area contributed by atoms with Crippen molar-refractivity contribution in [3.8, 4) is 22.3 Å². The van der Waals surface area contributed by atoms with E-state index in [-0.39, 0.29) is 22.6 Å². The van der Waals surface area contributed by atoms with Crippen molar-refractivity contribution >= 4 is 23.2 Å². The molecular formula is C30H32N2O2. The summed E-state index contributed by atoms with van der Waals surface area (Å²) in [5.74, 6) is 0.250. The quantitative estimate of drug-likeness (QED) is 0.435. The van der Waals surface area contributed by atoms with E-state index in [1.54, 1.807) is 0 Å². The Morgan fingerprint density at radius 1 is 0.559 bits per heavy atom. The van der Waals surface area contributed by atoms with Gasteiger partial charge in [-0.1, -0.05) is 90.1 Å². The highest BCUT2D eigenvalue weighted by atomic mass is 16.2. The molecule has 0 unspecified atom stereocenters. The second kappa shape index (κ2) is 7.56. The number of amides is 2. The zero-order chi connectivity index (χ0) is 24.4. The number of anilines is 2. The van der Waals surface area contributed by atoms with Crippen molar-refractivity contribution in [2.45, 2.75) is 52.4 Å². The molecule has 0 bridgehead atoms. The van der Waals surface area contributed by atoms with Crippen molar-refractivity contribution in [1.82, 2.24) is 0 Å². The highest BCUT2D eigenvalue weighted by molar-refractivity contribution is 6.18. The minimum absolute atomic E-state index is 0.0654. The van der Waals surface area contributed by atoms with Crippen LogP contribution in [0.2, 0.25) is 0 Å². The standard InChI is InChI=1S/C30H32N2O2/c1-29(2,3)23-13-9-7-11-19(23)21-15-26(32-18-28(32)34)22(16-25(21)31-17-27(31)33)20-12-8-10-14-24(20)30(4,5)6/h7-16H,17-18H2,1-6H3. The molecule has 34 heavy (non-hydrogen) atoms. The van der Waals surface area contributed by atoms with Crippen LogP contribution in [0.1, 0.15) is 52.7 Å². The number of rotatable bonds is 4. The van der Waals surface area contributed by atoms with Crippen molar-refractivity contribution in [3.63, 3.8) is 0 Å². The van der Waals surface area contributed by atoms with Gasteiger partial charge >= 0.3 is 0 Å². The summed E-state index contributed by atoms with van der Waals surface area (Å²) in [6, 6.07) is 21.1. The second-order valence-electron chi connectivity index (χ2n) is 11.4. The summed E-state index contributed by atoms with van der Waals surface area (Å²) in [7, 11) is 0. The second-order valence-corrected chi connectivity index (χ2v) is 11.4. The molecule has 0 atom stereocenters. The van der Waals surface area contributed by atoms with Crippen LogP contribution in [-0.2, 0) is 20.4 Å². The first-order valence-corrected chi connectivity index (χ1v) is 12.0. The fraction of sp³-hybridized carbons (Fsp3) is 0.333. The predicted molar refractivity (Wildman–Crippen MR) is 139 cm³/mol. The van der Waals surface area contributed by atoms with Gasteiger partial charge in [-0.3, -0.25) is 9.59 Å². The molecule has 3 aromatic rings. The summed E-state index contributed by atoms with van der Waals surface area (Å²) in [5, 5.41) is 0. The van der Waals surface area contributed by atoms with E-state index in [0.717, 1.165) is 33.6 Å². The van der Waals surface area contributed by atoms with Crippen molar-refractivity contribution in [1.29, 1.82) is 0 Å². The van der Waals surface area contributed by atoms with Crippen LogP contribution < -0.4 is 9.80 Å². The van der Waals surface area contributed by atoms with Gasteiger partial charge < -0.3 is 9.80 Å². The number of carbonyl (C=O) groups is 2. The van der Waals surface area contributed by atoms with Crippen LogP contribution in [0.25, 0.3) is 22.3 Å². The monoisotopic (exact) mass is 452 g/mol. The Morgan fingerprint density at radius 2 is 0.882 bits per heavy atom. The fourth-order valence-corrected chi connectivity index (χ4v) is 4.84. The Kier molecular flexibility index (Phi) is 4.98. The first kappa shape index (κ1) is 22.4. The molecule has 0 aliphatic carbocycles. The van der Waals surface area contributed by atoms with Gasteiger partial charge in [0.05, 0.1) is 11.4 Å². The van der Waals surface area contributed by atoms with Gasteiger partial charge in [-0.15, -0.1) is 0 Å². The summed E-state index contributed by atoms with van der Waals surface area (Å²) in [6.07, 6.45) is 0. The van der Waals surface area contributed by atoms with Crippen molar-refractivity contribution < 1.29 is 9.59 Å². The Balaban J connectivity index is 1.82. The predicted octanol–water partition coefficient (Wildman–Crippen LogP) is 6.31. The van der Waals surface area contributed by atoms with Gasteiger partial charge in [0.2, 0.25) is 11.8 Å². The maximum atomic E-state index is 12.4. The van der Waals surface area contributed by atoms with E-state index in [9.17, 15) is 9.59 Å².